The van der Waals surface area contributed by atoms with Crippen molar-refractivity contribution in [2.24, 2.45) is 0 Å². The van der Waals surface area contributed by atoms with Gasteiger partial charge in [-0.1, -0.05) is 18.2 Å². The first-order valence-corrected chi connectivity index (χ1v) is 13.4. The summed E-state index contributed by atoms with van der Waals surface area (Å²) in [6.07, 6.45) is 5.90. The number of anilines is 2. The molecule has 6 rings (SSSR count). The molecule has 0 spiro atoms. The second-order valence-corrected chi connectivity index (χ2v) is 10.6. The van der Waals surface area contributed by atoms with Crippen molar-refractivity contribution < 1.29 is 9.18 Å². The number of nitrogens with zero attached hydrogens (tertiary/aromatic N) is 4. The monoisotopic (exact) mass is 501 g/mol. The number of likely N-dealkylation sites (tertiary alicyclic amines) is 2. The molecule has 2 aliphatic heterocycles. The van der Waals surface area contributed by atoms with Crippen molar-refractivity contribution in [3.8, 4) is 10.6 Å². The number of piperidine rings is 1. The van der Waals surface area contributed by atoms with Crippen molar-refractivity contribution >= 4 is 39.0 Å². The number of aromatic nitrogens is 2. The summed E-state index contributed by atoms with van der Waals surface area (Å²) in [5.74, 6) is -0.0695. The fourth-order valence-electron chi connectivity index (χ4n) is 5.25. The molecule has 4 heterocycles. The van der Waals surface area contributed by atoms with Gasteiger partial charge in [-0.15, -0.1) is 11.3 Å². The van der Waals surface area contributed by atoms with Crippen LogP contribution in [0.3, 0.4) is 0 Å². The number of thiophene rings is 1. The quantitative estimate of drug-likeness (QED) is 0.367. The molecule has 0 atom stereocenters. The number of fused-ring (bicyclic) bond motifs is 1. The Hall–Kier alpha value is -3.36. The highest BCUT2D eigenvalue weighted by Crippen LogP contribution is 2.34. The highest BCUT2D eigenvalue weighted by Gasteiger charge is 2.28. The van der Waals surface area contributed by atoms with Crippen LogP contribution in [-0.4, -0.2) is 57.9 Å². The number of benzene rings is 2. The van der Waals surface area contributed by atoms with Gasteiger partial charge in [0.1, 0.15) is 5.69 Å². The molecule has 6 nitrogen and oxygen atoms in total. The summed E-state index contributed by atoms with van der Waals surface area (Å²) in [5.41, 5.74) is 1.69. The van der Waals surface area contributed by atoms with E-state index in [1.54, 1.807) is 0 Å². The largest absolute Gasteiger partial charge is 0.339 e. The van der Waals surface area contributed by atoms with Gasteiger partial charge in [0.15, 0.2) is 5.82 Å². The van der Waals surface area contributed by atoms with Gasteiger partial charge in [-0.2, -0.15) is 0 Å². The molecule has 0 radical (unpaired) electrons. The Kier molecular flexibility index (Phi) is 6.37. The van der Waals surface area contributed by atoms with Gasteiger partial charge >= 0.3 is 0 Å². The summed E-state index contributed by atoms with van der Waals surface area (Å²) in [6.45, 7) is 4.03. The number of amides is 1. The summed E-state index contributed by atoms with van der Waals surface area (Å²) in [7, 11) is 0. The van der Waals surface area contributed by atoms with E-state index < -0.39 is 5.82 Å². The van der Waals surface area contributed by atoms with E-state index in [2.05, 4.69) is 20.2 Å². The van der Waals surface area contributed by atoms with E-state index >= 15 is 0 Å². The van der Waals surface area contributed by atoms with Crippen LogP contribution in [0.15, 0.2) is 60.8 Å². The Balaban J connectivity index is 1.12. The first-order valence-electron chi connectivity index (χ1n) is 12.6. The summed E-state index contributed by atoms with van der Waals surface area (Å²) in [4.78, 5) is 26.9. The summed E-state index contributed by atoms with van der Waals surface area (Å²) in [6, 6.07) is 17.9. The van der Waals surface area contributed by atoms with Crippen LogP contribution in [0.4, 0.5) is 16.0 Å². The predicted molar refractivity (Wildman–Crippen MR) is 142 cm³/mol. The molecule has 8 heteroatoms. The van der Waals surface area contributed by atoms with Crippen LogP contribution in [0.2, 0.25) is 0 Å². The second kappa shape index (κ2) is 9.95. The third kappa shape index (κ3) is 4.70. The van der Waals surface area contributed by atoms with Gasteiger partial charge in [0.25, 0.3) is 5.91 Å². The van der Waals surface area contributed by atoms with E-state index in [1.165, 1.54) is 43.5 Å². The molecule has 0 aliphatic carbocycles. The van der Waals surface area contributed by atoms with Crippen molar-refractivity contribution in [3.63, 3.8) is 0 Å². The lowest BCUT2D eigenvalue weighted by Gasteiger charge is -2.36. The lowest BCUT2D eigenvalue weighted by molar-refractivity contribution is 0.0644. The summed E-state index contributed by atoms with van der Waals surface area (Å²) < 4.78 is 15.6. The van der Waals surface area contributed by atoms with Gasteiger partial charge in [0.05, 0.1) is 11.1 Å². The Morgan fingerprint density at radius 1 is 1.00 bits per heavy atom. The van der Waals surface area contributed by atoms with E-state index in [4.69, 9.17) is 0 Å². The van der Waals surface area contributed by atoms with Gasteiger partial charge in [0.2, 0.25) is 5.95 Å². The number of hydrogen-bond donors (Lipinski definition) is 1. The Labute approximate surface area is 213 Å². The molecule has 2 saturated heterocycles. The van der Waals surface area contributed by atoms with E-state index in [0.717, 1.165) is 46.6 Å². The molecule has 0 unspecified atom stereocenters. The van der Waals surface area contributed by atoms with Crippen LogP contribution in [0.5, 0.6) is 0 Å². The van der Waals surface area contributed by atoms with E-state index in [-0.39, 0.29) is 11.6 Å². The molecule has 0 bridgehead atoms. The van der Waals surface area contributed by atoms with Crippen molar-refractivity contribution in [1.29, 1.82) is 0 Å². The van der Waals surface area contributed by atoms with Gasteiger partial charge in [-0.3, -0.25) is 4.79 Å². The Morgan fingerprint density at radius 2 is 1.75 bits per heavy atom. The third-order valence-corrected chi connectivity index (χ3v) is 8.32. The van der Waals surface area contributed by atoms with Crippen molar-refractivity contribution in [2.45, 2.75) is 31.7 Å². The SMILES string of the molecule is O=C(c1ccc(Nc2ncc(F)c(-c3cc4ccccc4s3)n2)cc1)N1CCC(N2CCCC2)CC1. The number of carbonyl (C=O) groups is 1. The fourth-order valence-corrected chi connectivity index (χ4v) is 6.30. The van der Waals surface area contributed by atoms with Crippen molar-refractivity contribution in [1.82, 2.24) is 19.8 Å². The van der Waals surface area contributed by atoms with Crippen molar-refractivity contribution in [3.05, 3.63) is 72.2 Å². The topological polar surface area (TPSA) is 61.4 Å². The first kappa shape index (κ1) is 23.1. The molecule has 2 aromatic heterocycles. The van der Waals surface area contributed by atoms with Gasteiger partial charge in [0, 0.05) is 35.1 Å². The minimum atomic E-state index is -0.457. The molecule has 0 saturated carbocycles. The second-order valence-electron chi connectivity index (χ2n) is 9.51. The molecule has 2 aliphatic rings. The van der Waals surface area contributed by atoms with Crippen LogP contribution < -0.4 is 5.32 Å². The van der Waals surface area contributed by atoms with Gasteiger partial charge in [-0.25, -0.2) is 14.4 Å². The Morgan fingerprint density at radius 3 is 2.50 bits per heavy atom. The molecule has 184 valence electrons. The summed E-state index contributed by atoms with van der Waals surface area (Å²) >= 11 is 1.50. The van der Waals surface area contributed by atoms with Gasteiger partial charge in [-0.05, 0) is 80.6 Å². The van der Waals surface area contributed by atoms with E-state index in [1.807, 2.05) is 59.5 Å². The van der Waals surface area contributed by atoms with Crippen LogP contribution >= 0.6 is 11.3 Å². The summed E-state index contributed by atoms with van der Waals surface area (Å²) in [5, 5.41) is 4.20. The average molecular weight is 502 g/mol. The normalized spacial score (nSPS) is 17.1. The molecular weight excluding hydrogens is 473 g/mol. The molecule has 1 N–H and O–H groups in total. The molecule has 4 aromatic rings. The fraction of sp³-hybridized carbons (Fsp3) is 0.321. The van der Waals surface area contributed by atoms with E-state index in [0.29, 0.717) is 17.6 Å². The molecule has 2 aromatic carbocycles. The number of hydrogen-bond acceptors (Lipinski definition) is 6. The lowest BCUT2D eigenvalue weighted by atomic mass is 10.0. The lowest BCUT2D eigenvalue weighted by Crippen LogP contribution is -2.45. The molecular formula is C28H28FN5OS. The zero-order valence-corrected chi connectivity index (χ0v) is 20.8. The standard InChI is InChI=1S/C28H28FN5OS/c29-23-18-30-28(32-26(23)25-17-20-5-1-2-6-24(20)36-25)31-21-9-7-19(8-10-21)27(35)34-15-11-22(12-16-34)33-13-3-4-14-33/h1-2,5-10,17-18,22H,3-4,11-16H2,(H,30,31,32). The minimum Gasteiger partial charge on any atom is -0.339 e. The zero-order chi connectivity index (χ0) is 24.5. The van der Waals surface area contributed by atoms with E-state index in [9.17, 15) is 9.18 Å². The number of nitrogens with one attached hydrogen (secondary N) is 1. The molecule has 36 heavy (non-hydrogen) atoms. The van der Waals surface area contributed by atoms with Crippen LogP contribution in [0, 0.1) is 5.82 Å². The van der Waals surface area contributed by atoms with Gasteiger partial charge < -0.3 is 15.1 Å². The maximum Gasteiger partial charge on any atom is 0.253 e. The smallest absolute Gasteiger partial charge is 0.253 e. The highest BCUT2D eigenvalue weighted by molar-refractivity contribution is 7.22. The molecule has 2 fully saturated rings. The maximum absolute atomic E-state index is 14.6. The van der Waals surface area contributed by atoms with Crippen LogP contribution in [0.25, 0.3) is 20.7 Å². The Bertz CT molecular complexity index is 1340. The first-order chi connectivity index (χ1) is 17.6. The third-order valence-electron chi connectivity index (χ3n) is 7.20. The average Bonchev–Trinajstić information content (AvgIpc) is 3.60. The van der Waals surface area contributed by atoms with Crippen molar-refractivity contribution in [2.75, 3.05) is 31.5 Å². The number of rotatable bonds is 5. The van der Waals surface area contributed by atoms with Crippen LogP contribution in [0.1, 0.15) is 36.0 Å². The highest BCUT2D eigenvalue weighted by atomic mass is 32.1. The molecule has 1 amide bonds. The zero-order valence-electron chi connectivity index (χ0n) is 20.0. The maximum atomic E-state index is 14.6. The van der Waals surface area contributed by atoms with Crippen LogP contribution in [-0.2, 0) is 0 Å². The number of halogens is 1. The predicted octanol–water partition coefficient (Wildman–Crippen LogP) is 5.94. The minimum absolute atomic E-state index is 0.0755. The number of carbonyl (C=O) groups excluding carboxylic acids is 1.